The third-order valence-electron chi connectivity index (χ3n) is 9.76. The van der Waals surface area contributed by atoms with E-state index in [9.17, 15) is 0 Å². The molecule has 0 radical (unpaired) electrons. The fourth-order valence-electron chi connectivity index (χ4n) is 6.97. The van der Waals surface area contributed by atoms with Gasteiger partial charge in [-0.3, -0.25) is 0 Å². The minimum atomic E-state index is -0.263. The van der Waals surface area contributed by atoms with Gasteiger partial charge in [0.15, 0.2) is 11.7 Å². The van der Waals surface area contributed by atoms with Crippen LogP contribution < -0.4 is 5.32 Å². The largest absolute Gasteiger partial charge is 0.344 e. The van der Waals surface area contributed by atoms with Crippen molar-refractivity contribution >= 4 is 17.2 Å². The Labute approximate surface area is 315 Å². The number of rotatable bonds is 8. The minimum absolute atomic E-state index is 0.263. The Kier molecular flexibility index (Phi) is 9.10. The summed E-state index contributed by atoms with van der Waals surface area (Å²) in [5.41, 5.74) is 12.5. The van der Waals surface area contributed by atoms with Gasteiger partial charge in [0.05, 0.1) is 11.4 Å². The van der Waals surface area contributed by atoms with E-state index in [1.807, 2.05) is 42.5 Å². The molecule has 7 aromatic rings. The average molecular weight is 696 g/mol. The van der Waals surface area contributed by atoms with E-state index < -0.39 is 0 Å². The van der Waals surface area contributed by atoms with E-state index in [1.54, 1.807) is 0 Å². The summed E-state index contributed by atoms with van der Waals surface area (Å²) in [5, 5.41) is 3.61. The summed E-state index contributed by atoms with van der Waals surface area (Å²) in [6, 6.07) is 58.6. The normalized spacial score (nSPS) is 15.1. The number of benzene rings is 6. The quantitative estimate of drug-likeness (QED) is 0.172. The first-order valence-corrected chi connectivity index (χ1v) is 18.4. The Morgan fingerprint density at radius 2 is 1.02 bits per heavy atom. The minimum Gasteiger partial charge on any atom is -0.344 e. The number of hydrogen-bond donors (Lipinski definition) is 1. The lowest BCUT2D eigenvalue weighted by molar-refractivity contribution is 0.674. The topological polar surface area (TPSA) is 62.5 Å². The summed E-state index contributed by atoms with van der Waals surface area (Å²) >= 11 is 0. The molecule has 1 aliphatic heterocycles. The van der Waals surface area contributed by atoms with Gasteiger partial charge in [-0.15, -0.1) is 0 Å². The molecule has 54 heavy (non-hydrogen) atoms. The van der Waals surface area contributed by atoms with Crippen LogP contribution in [0, 0.1) is 0 Å². The van der Waals surface area contributed by atoms with Crippen LogP contribution in [-0.4, -0.2) is 21.6 Å². The highest BCUT2D eigenvalue weighted by molar-refractivity contribution is 6.13. The smallest absolute Gasteiger partial charge is 0.160 e. The van der Waals surface area contributed by atoms with Crippen molar-refractivity contribution in [2.24, 2.45) is 9.98 Å². The number of amidine groups is 2. The van der Waals surface area contributed by atoms with Gasteiger partial charge < -0.3 is 5.32 Å². The molecule has 5 nitrogen and oxygen atoms in total. The van der Waals surface area contributed by atoms with Gasteiger partial charge in [-0.25, -0.2) is 20.0 Å². The van der Waals surface area contributed by atoms with Gasteiger partial charge in [0.2, 0.25) is 0 Å². The molecule has 258 valence electrons. The molecule has 1 unspecified atom stereocenters. The summed E-state index contributed by atoms with van der Waals surface area (Å²) in [4.78, 5) is 20.4. The zero-order valence-corrected chi connectivity index (χ0v) is 29.7. The van der Waals surface area contributed by atoms with Gasteiger partial charge in [-0.2, -0.15) is 0 Å². The van der Waals surface area contributed by atoms with Crippen LogP contribution in [0.3, 0.4) is 0 Å². The summed E-state index contributed by atoms with van der Waals surface area (Å²) < 4.78 is 0. The number of hydrogen-bond acceptors (Lipinski definition) is 5. The molecular formula is C49H37N5. The maximum absolute atomic E-state index is 5.19. The van der Waals surface area contributed by atoms with Crippen molar-refractivity contribution < 1.29 is 0 Å². The number of nitrogens with one attached hydrogen (secondary N) is 1. The molecule has 0 fully saturated rings. The second kappa shape index (κ2) is 14.9. The van der Waals surface area contributed by atoms with Crippen LogP contribution in [0.1, 0.15) is 41.3 Å². The Morgan fingerprint density at radius 1 is 0.463 bits per heavy atom. The van der Waals surface area contributed by atoms with Gasteiger partial charge in [0, 0.05) is 27.8 Å². The van der Waals surface area contributed by atoms with E-state index in [2.05, 4.69) is 151 Å². The predicted molar refractivity (Wildman–Crippen MR) is 222 cm³/mol. The fraction of sp³-hybridized carbons (Fsp3) is 0.0612. The summed E-state index contributed by atoms with van der Waals surface area (Å²) in [6.07, 6.45) is 8.67. The molecule has 0 amide bonds. The Bertz CT molecular complexity index is 2570. The molecule has 1 aromatic heterocycles. The second-order valence-corrected chi connectivity index (χ2v) is 13.4. The average Bonchev–Trinajstić information content (AvgIpc) is 3.27. The SMILES string of the molecule is C1=CC(c2cccc(-c3cc(-c4ccccc4)nc(-c4cccc(-c5cccc(C6=NC(c7ccccc7)=NC(c7ccccc7)N6)c5)c4)n3)c2)=CCC1. The van der Waals surface area contributed by atoms with Gasteiger partial charge in [-0.1, -0.05) is 164 Å². The lowest BCUT2D eigenvalue weighted by atomic mass is 9.97. The van der Waals surface area contributed by atoms with Crippen LogP contribution in [0.2, 0.25) is 0 Å². The lowest BCUT2D eigenvalue weighted by Gasteiger charge is -2.24. The maximum Gasteiger partial charge on any atom is 0.160 e. The number of allylic oxidation sites excluding steroid dienone is 4. The van der Waals surface area contributed by atoms with Crippen molar-refractivity contribution in [2.45, 2.75) is 19.0 Å². The Hall–Kier alpha value is -6.98. The number of nitrogens with zero attached hydrogens (tertiary/aromatic N) is 4. The molecule has 6 aromatic carbocycles. The molecular weight excluding hydrogens is 659 g/mol. The Morgan fingerprint density at radius 3 is 1.72 bits per heavy atom. The highest BCUT2D eigenvalue weighted by Crippen LogP contribution is 2.32. The van der Waals surface area contributed by atoms with E-state index in [4.69, 9.17) is 20.0 Å². The second-order valence-electron chi connectivity index (χ2n) is 13.4. The van der Waals surface area contributed by atoms with Gasteiger partial charge in [-0.05, 0) is 64.9 Å². The molecule has 9 rings (SSSR count). The van der Waals surface area contributed by atoms with Crippen molar-refractivity contribution in [1.29, 1.82) is 0 Å². The van der Waals surface area contributed by atoms with Crippen LogP contribution in [0.5, 0.6) is 0 Å². The van der Waals surface area contributed by atoms with E-state index >= 15 is 0 Å². The zero-order valence-electron chi connectivity index (χ0n) is 29.7. The molecule has 1 aliphatic carbocycles. The fourth-order valence-corrected chi connectivity index (χ4v) is 6.97. The molecule has 5 heteroatoms. The first-order valence-electron chi connectivity index (χ1n) is 18.4. The predicted octanol–water partition coefficient (Wildman–Crippen LogP) is 11.4. The van der Waals surface area contributed by atoms with Gasteiger partial charge >= 0.3 is 0 Å². The Balaban J connectivity index is 1.09. The molecule has 1 atom stereocenters. The van der Waals surface area contributed by atoms with Crippen LogP contribution in [0.4, 0.5) is 0 Å². The molecule has 0 saturated heterocycles. The van der Waals surface area contributed by atoms with Gasteiger partial charge in [0.1, 0.15) is 12.0 Å². The molecule has 0 spiro atoms. The standard InChI is InChI=1S/C49H37N5/c1-5-16-34(17-6-1)38-24-13-27-41(30-38)45-33-44(35-18-7-2-8-19-35)50-48(51-45)42-28-14-25-39(31-42)40-26-15-29-43(32-40)49-53-46(36-20-9-3-10-21-36)52-47(54-49)37-22-11-4-12-23-37/h2-5,7-33,46H,1,6H2,(H,52,53,54). The third kappa shape index (κ3) is 7.08. The molecule has 0 bridgehead atoms. The van der Waals surface area contributed by atoms with Crippen LogP contribution in [-0.2, 0) is 0 Å². The number of aliphatic imine (C=N–C) groups is 2. The monoisotopic (exact) mass is 695 g/mol. The van der Waals surface area contributed by atoms with Crippen molar-refractivity contribution in [1.82, 2.24) is 15.3 Å². The van der Waals surface area contributed by atoms with E-state index in [1.165, 1.54) is 11.1 Å². The third-order valence-corrected chi connectivity index (χ3v) is 9.76. The van der Waals surface area contributed by atoms with Crippen molar-refractivity contribution in [3.8, 4) is 45.0 Å². The lowest BCUT2D eigenvalue weighted by Crippen LogP contribution is -2.33. The van der Waals surface area contributed by atoms with Crippen molar-refractivity contribution in [3.05, 3.63) is 210 Å². The van der Waals surface area contributed by atoms with E-state index in [0.717, 1.165) is 74.6 Å². The van der Waals surface area contributed by atoms with Crippen LogP contribution >= 0.6 is 0 Å². The highest BCUT2D eigenvalue weighted by atomic mass is 15.2. The molecule has 0 saturated carbocycles. The first-order chi connectivity index (χ1) is 26.7. The summed E-state index contributed by atoms with van der Waals surface area (Å²) in [5.74, 6) is 2.16. The van der Waals surface area contributed by atoms with E-state index in [-0.39, 0.29) is 6.17 Å². The van der Waals surface area contributed by atoms with E-state index in [0.29, 0.717) is 11.7 Å². The molecule has 2 heterocycles. The van der Waals surface area contributed by atoms with Crippen molar-refractivity contribution in [2.75, 3.05) is 0 Å². The van der Waals surface area contributed by atoms with Crippen molar-refractivity contribution in [3.63, 3.8) is 0 Å². The zero-order chi connectivity index (χ0) is 36.1. The molecule has 2 aliphatic rings. The summed E-state index contributed by atoms with van der Waals surface area (Å²) in [7, 11) is 0. The van der Waals surface area contributed by atoms with Crippen LogP contribution in [0.25, 0.3) is 50.6 Å². The molecule has 1 N–H and O–H groups in total. The van der Waals surface area contributed by atoms with Crippen LogP contribution in [0.15, 0.2) is 198 Å². The maximum atomic E-state index is 5.19. The summed E-state index contributed by atoms with van der Waals surface area (Å²) in [6.45, 7) is 0. The van der Waals surface area contributed by atoms with Gasteiger partial charge in [0.25, 0.3) is 0 Å². The number of aromatic nitrogens is 2. The highest BCUT2D eigenvalue weighted by Gasteiger charge is 2.21. The first kappa shape index (κ1) is 32.9.